The maximum Gasteiger partial charge on any atom is 0.123 e. The van der Waals surface area contributed by atoms with Gasteiger partial charge in [0.25, 0.3) is 0 Å². The molecule has 2 aromatic carbocycles. The van der Waals surface area contributed by atoms with Crippen LogP contribution in [0.5, 0.6) is 0 Å². The smallest absolute Gasteiger partial charge is 0.123 e. The van der Waals surface area contributed by atoms with Crippen LogP contribution >= 0.6 is 0 Å². The van der Waals surface area contributed by atoms with Crippen molar-refractivity contribution < 1.29 is 9.50 Å². The number of aliphatic hydroxyl groups excluding tert-OH is 1. The lowest BCUT2D eigenvalue weighted by molar-refractivity contribution is 0.0290. The molecule has 0 unspecified atom stereocenters. The normalized spacial score (nSPS) is 20.7. The topological polar surface area (TPSA) is 28.4 Å². The van der Waals surface area contributed by atoms with E-state index in [0.29, 0.717) is 0 Å². The Balaban J connectivity index is 1.54. The second kappa shape index (κ2) is 8.06. The van der Waals surface area contributed by atoms with Gasteiger partial charge in [-0.15, -0.1) is 0 Å². The number of hydrogen-bond acceptors (Lipinski definition) is 2. The number of halogens is 1. The van der Waals surface area contributed by atoms with E-state index in [4.69, 9.17) is 0 Å². The van der Waals surface area contributed by atoms with Crippen molar-refractivity contribution in [2.75, 3.05) is 19.7 Å². The minimum atomic E-state index is -0.209. The SMILES string of the molecule is CCn1cc(CN2CCC[C@@](CO)(Cc3ccc(F)cc3)C2)c2ccccc21. The van der Waals surface area contributed by atoms with Gasteiger partial charge in [-0.1, -0.05) is 30.3 Å². The summed E-state index contributed by atoms with van der Waals surface area (Å²) in [6, 6.07) is 15.3. The molecule has 3 aromatic rings. The van der Waals surface area contributed by atoms with Gasteiger partial charge in [0.15, 0.2) is 0 Å². The third-order valence-electron chi connectivity index (χ3n) is 6.17. The first kappa shape index (κ1) is 19.2. The van der Waals surface area contributed by atoms with Crippen molar-refractivity contribution >= 4 is 10.9 Å². The van der Waals surface area contributed by atoms with Crippen LogP contribution in [-0.4, -0.2) is 34.3 Å². The summed E-state index contributed by atoms with van der Waals surface area (Å²) in [5, 5.41) is 11.6. The molecule has 148 valence electrons. The highest BCUT2D eigenvalue weighted by Crippen LogP contribution is 2.35. The van der Waals surface area contributed by atoms with Crippen molar-refractivity contribution in [2.24, 2.45) is 5.41 Å². The third-order valence-corrected chi connectivity index (χ3v) is 6.17. The molecular weight excluding hydrogens is 351 g/mol. The summed E-state index contributed by atoms with van der Waals surface area (Å²) < 4.78 is 15.6. The van der Waals surface area contributed by atoms with E-state index in [1.165, 1.54) is 28.6 Å². The van der Waals surface area contributed by atoms with E-state index in [0.717, 1.165) is 51.0 Å². The van der Waals surface area contributed by atoms with Gasteiger partial charge in [0.1, 0.15) is 5.82 Å². The van der Waals surface area contributed by atoms with Crippen molar-refractivity contribution in [3.05, 3.63) is 71.7 Å². The lowest BCUT2D eigenvalue weighted by Gasteiger charge is -2.42. The van der Waals surface area contributed by atoms with Crippen LogP contribution in [0.25, 0.3) is 10.9 Å². The summed E-state index contributed by atoms with van der Waals surface area (Å²) in [7, 11) is 0. The predicted octanol–water partition coefficient (Wildman–Crippen LogP) is 4.62. The van der Waals surface area contributed by atoms with Gasteiger partial charge in [-0.3, -0.25) is 4.90 Å². The Morgan fingerprint density at radius 3 is 2.64 bits per heavy atom. The first-order valence-electron chi connectivity index (χ1n) is 10.3. The molecule has 0 amide bonds. The van der Waals surface area contributed by atoms with E-state index in [-0.39, 0.29) is 17.8 Å². The highest BCUT2D eigenvalue weighted by molar-refractivity contribution is 5.83. The van der Waals surface area contributed by atoms with Gasteiger partial charge < -0.3 is 9.67 Å². The molecule has 3 nitrogen and oxygen atoms in total. The molecule has 2 heterocycles. The van der Waals surface area contributed by atoms with Crippen molar-refractivity contribution in [3.8, 4) is 0 Å². The lowest BCUT2D eigenvalue weighted by atomic mass is 9.75. The number of nitrogens with zero attached hydrogens (tertiary/aromatic N) is 2. The fourth-order valence-electron chi connectivity index (χ4n) is 4.76. The van der Waals surface area contributed by atoms with Gasteiger partial charge in [0.2, 0.25) is 0 Å². The van der Waals surface area contributed by atoms with Crippen molar-refractivity contribution in [1.29, 1.82) is 0 Å². The number of hydrogen-bond donors (Lipinski definition) is 1. The zero-order valence-corrected chi connectivity index (χ0v) is 16.6. The third kappa shape index (κ3) is 3.85. The Morgan fingerprint density at radius 2 is 1.89 bits per heavy atom. The molecule has 4 rings (SSSR count). The summed E-state index contributed by atoms with van der Waals surface area (Å²) in [6.07, 6.45) is 5.15. The Kier molecular flexibility index (Phi) is 5.51. The number of rotatable bonds is 6. The van der Waals surface area contributed by atoms with Crippen molar-refractivity contribution in [1.82, 2.24) is 9.47 Å². The van der Waals surface area contributed by atoms with Crippen LogP contribution in [0.15, 0.2) is 54.7 Å². The standard InChI is InChI=1S/C24H29FN2O/c1-2-27-16-20(22-6-3-4-7-23(22)27)15-26-13-5-12-24(17-26,18-28)14-19-8-10-21(25)11-9-19/h3-4,6-11,16,28H,2,5,12-15,17-18H2,1H3/t24-/m1/s1. The first-order chi connectivity index (χ1) is 13.6. The summed E-state index contributed by atoms with van der Waals surface area (Å²) in [4.78, 5) is 2.48. The fraction of sp³-hybridized carbons (Fsp3) is 0.417. The maximum absolute atomic E-state index is 13.2. The van der Waals surface area contributed by atoms with Gasteiger partial charge in [-0.25, -0.2) is 4.39 Å². The van der Waals surface area contributed by atoms with Gasteiger partial charge >= 0.3 is 0 Å². The van der Waals surface area contributed by atoms with Crippen molar-refractivity contribution in [2.45, 2.75) is 39.3 Å². The maximum atomic E-state index is 13.2. The second-order valence-electron chi connectivity index (χ2n) is 8.23. The Morgan fingerprint density at radius 1 is 1.11 bits per heavy atom. The molecule has 1 aromatic heterocycles. The molecule has 1 saturated heterocycles. The van der Waals surface area contributed by atoms with Crippen LogP contribution < -0.4 is 0 Å². The van der Waals surface area contributed by atoms with Gasteiger partial charge in [0.05, 0.1) is 6.61 Å². The molecule has 0 aliphatic carbocycles. The molecule has 1 fully saturated rings. The minimum Gasteiger partial charge on any atom is -0.396 e. The fourth-order valence-corrected chi connectivity index (χ4v) is 4.76. The van der Waals surface area contributed by atoms with Crippen LogP contribution in [-0.2, 0) is 19.5 Å². The summed E-state index contributed by atoms with van der Waals surface area (Å²) in [5.74, 6) is -0.209. The van der Waals surface area contributed by atoms with Gasteiger partial charge in [-0.05, 0) is 62.1 Å². The number of aromatic nitrogens is 1. The highest BCUT2D eigenvalue weighted by atomic mass is 19.1. The zero-order chi connectivity index (χ0) is 19.6. The Hall–Kier alpha value is -2.17. The molecule has 0 spiro atoms. The molecule has 0 saturated carbocycles. The molecule has 0 radical (unpaired) electrons. The first-order valence-corrected chi connectivity index (χ1v) is 10.3. The second-order valence-corrected chi connectivity index (χ2v) is 8.23. The largest absolute Gasteiger partial charge is 0.396 e. The number of fused-ring (bicyclic) bond motifs is 1. The van der Waals surface area contributed by atoms with E-state index in [1.807, 2.05) is 12.1 Å². The number of likely N-dealkylation sites (tertiary alicyclic amines) is 1. The van der Waals surface area contributed by atoms with E-state index >= 15 is 0 Å². The number of piperidine rings is 1. The van der Waals surface area contributed by atoms with Crippen LogP contribution in [0.1, 0.15) is 30.9 Å². The average molecular weight is 381 g/mol. The van der Waals surface area contributed by atoms with E-state index in [1.54, 1.807) is 0 Å². The Bertz CT molecular complexity index is 933. The predicted molar refractivity (Wildman–Crippen MR) is 112 cm³/mol. The van der Waals surface area contributed by atoms with E-state index < -0.39 is 0 Å². The highest BCUT2D eigenvalue weighted by Gasteiger charge is 2.35. The summed E-state index contributed by atoms with van der Waals surface area (Å²) in [6.45, 7) is 6.13. The van der Waals surface area contributed by atoms with Crippen LogP contribution in [0.4, 0.5) is 4.39 Å². The number of aliphatic hydroxyl groups is 1. The molecule has 1 N–H and O–H groups in total. The average Bonchev–Trinajstić information content (AvgIpc) is 3.08. The molecule has 1 aliphatic heterocycles. The number of aryl methyl sites for hydroxylation is 1. The van der Waals surface area contributed by atoms with E-state index in [2.05, 4.69) is 46.9 Å². The van der Waals surface area contributed by atoms with Gasteiger partial charge in [0, 0.05) is 42.1 Å². The monoisotopic (exact) mass is 380 g/mol. The van der Waals surface area contributed by atoms with Crippen molar-refractivity contribution in [3.63, 3.8) is 0 Å². The molecular formula is C24H29FN2O. The van der Waals surface area contributed by atoms with Crippen LogP contribution in [0, 0.1) is 11.2 Å². The quantitative estimate of drug-likeness (QED) is 0.676. The van der Waals surface area contributed by atoms with Crippen LogP contribution in [0.2, 0.25) is 0 Å². The van der Waals surface area contributed by atoms with Crippen LogP contribution in [0.3, 0.4) is 0 Å². The molecule has 1 atom stereocenters. The minimum absolute atomic E-state index is 0.154. The molecule has 1 aliphatic rings. The zero-order valence-electron chi connectivity index (χ0n) is 16.6. The molecule has 0 bridgehead atoms. The number of benzene rings is 2. The number of para-hydroxylation sites is 1. The molecule has 4 heteroatoms. The summed E-state index contributed by atoms with van der Waals surface area (Å²) in [5.41, 5.74) is 3.59. The molecule has 28 heavy (non-hydrogen) atoms. The summed E-state index contributed by atoms with van der Waals surface area (Å²) >= 11 is 0. The van der Waals surface area contributed by atoms with E-state index in [9.17, 15) is 9.50 Å². The Labute approximate surface area is 166 Å². The lowest BCUT2D eigenvalue weighted by Crippen LogP contribution is -2.46. The van der Waals surface area contributed by atoms with Gasteiger partial charge in [-0.2, -0.15) is 0 Å².